The number of ether oxygens (including phenoxy) is 1. The molecule has 0 aliphatic carbocycles. The molecule has 8 heteroatoms. The summed E-state index contributed by atoms with van der Waals surface area (Å²) in [7, 11) is -3.16. The average Bonchev–Trinajstić information content (AvgIpc) is 2.64. The number of hydrogen-bond donors (Lipinski definition) is 2. The first-order chi connectivity index (χ1) is 13.2. The molecule has 1 heterocycles. The van der Waals surface area contributed by atoms with Crippen LogP contribution in [0, 0.1) is 0 Å². The summed E-state index contributed by atoms with van der Waals surface area (Å²) in [5.74, 6) is 0. The van der Waals surface area contributed by atoms with E-state index in [0.717, 1.165) is 37.2 Å². The van der Waals surface area contributed by atoms with Gasteiger partial charge in [0.25, 0.3) is 0 Å². The van der Waals surface area contributed by atoms with Crippen LogP contribution in [0.1, 0.15) is 47.0 Å². The molecule has 2 rings (SSSR count). The minimum atomic E-state index is -3.16. The van der Waals surface area contributed by atoms with Gasteiger partial charge in [-0.1, -0.05) is 6.42 Å². The average molecular weight is 416 g/mol. The zero-order chi connectivity index (χ0) is 20.7. The molecule has 0 amide bonds. The Bertz CT molecular complexity index is 697. The highest BCUT2D eigenvalue weighted by atomic mass is 32.2. The van der Waals surface area contributed by atoms with E-state index in [-0.39, 0.29) is 6.10 Å². The number of rotatable bonds is 10. The van der Waals surface area contributed by atoms with Crippen LogP contribution < -0.4 is 14.9 Å². The van der Waals surface area contributed by atoms with Crippen LogP contribution in [0.4, 0.5) is 15.8 Å². The van der Waals surface area contributed by atoms with Crippen LogP contribution in [0.15, 0.2) is 24.3 Å². The van der Waals surface area contributed by atoms with E-state index in [1.54, 1.807) is 25.7 Å². The van der Waals surface area contributed by atoms with Crippen LogP contribution in [0.5, 0.6) is 0 Å². The van der Waals surface area contributed by atoms with Crippen molar-refractivity contribution in [2.45, 2.75) is 70.7 Å². The Balaban J connectivity index is 1.69. The lowest BCUT2D eigenvalue weighted by Gasteiger charge is -2.39. The van der Waals surface area contributed by atoms with Crippen molar-refractivity contribution in [1.29, 1.82) is 0 Å². The van der Waals surface area contributed by atoms with Crippen molar-refractivity contribution in [2.75, 3.05) is 29.9 Å². The summed E-state index contributed by atoms with van der Waals surface area (Å²) in [5, 5.41) is 2.96. The lowest BCUT2D eigenvalue weighted by atomic mass is 10.1. The third-order valence-corrected chi connectivity index (χ3v) is 6.74. The van der Waals surface area contributed by atoms with Crippen LogP contribution in [-0.2, 0) is 14.8 Å². The Kier molecular flexibility index (Phi) is 8.52. The van der Waals surface area contributed by atoms with Gasteiger partial charge in [-0.2, -0.15) is 0 Å². The Hall–Kier alpha value is -1.38. The molecule has 1 aromatic rings. The molecule has 0 saturated carbocycles. The largest absolute Gasteiger partial charge is 0.385 e. The summed E-state index contributed by atoms with van der Waals surface area (Å²) in [4.78, 5) is 1.75. The van der Waals surface area contributed by atoms with Gasteiger partial charge in [0.1, 0.15) is 6.10 Å². The molecule has 0 bridgehead atoms. The molecular formula is C20H34FN3O3S. The Labute approximate surface area is 168 Å². The van der Waals surface area contributed by atoms with Crippen molar-refractivity contribution in [3.63, 3.8) is 0 Å². The summed E-state index contributed by atoms with van der Waals surface area (Å²) in [6.07, 6.45) is 1.15. The first-order valence-electron chi connectivity index (χ1n) is 10.1. The number of unbranched alkanes of at least 4 members (excludes halogenated alkanes) is 2. The maximum absolute atomic E-state index is 14.4. The molecule has 1 aromatic carbocycles. The maximum atomic E-state index is 14.4. The number of morpholine rings is 1. The van der Waals surface area contributed by atoms with Crippen molar-refractivity contribution < 1.29 is 17.5 Å². The summed E-state index contributed by atoms with van der Waals surface area (Å²) < 4.78 is 45.9. The summed E-state index contributed by atoms with van der Waals surface area (Å²) >= 11 is 0. The number of anilines is 2. The van der Waals surface area contributed by atoms with Crippen molar-refractivity contribution in [3.05, 3.63) is 24.3 Å². The first kappa shape index (κ1) is 22.9. The molecule has 1 unspecified atom stereocenters. The summed E-state index contributed by atoms with van der Waals surface area (Å²) in [6, 6.07) is 7.79. The Morgan fingerprint density at radius 2 is 1.79 bits per heavy atom. The number of halogens is 1. The van der Waals surface area contributed by atoms with Crippen LogP contribution in [-0.4, -0.2) is 51.8 Å². The second-order valence-corrected chi connectivity index (χ2v) is 10.0. The monoisotopic (exact) mass is 415 g/mol. The Morgan fingerprint density at radius 3 is 2.43 bits per heavy atom. The third-order valence-electron chi connectivity index (χ3n) is 4.89. The van der Waals surface area contributed by atoms with Crippen LogP contribution in [0.25, 0.3) is 0 Å². The van der Waals surface area contributed by atoms with Crippen molar-refractivity contribution in [3.8, 4) is 0 Å². The smallest absolute Gasteiger partial charge is 0.213 e. The normalized spacial score (nSPS) is 23.2. The highest BCUT2D eigenvalue weighted by Gasteiger charge is 2.32. The molecule has 28 heavy (non-hydrogen) atoms. The molecule has 0 aromatic heterocycles. The molecule has 1 aliphatic heterocycles. The molecule has 160 valence electrons. The number of alkyl halides is 1. The van der Waals surface area contributed by atoms with E-state index in [4.69, 9.17) is 4.74 Å². The van der Waals surface area contributed by atoms with Gasteiger partial charge < -0.3 is 15.0 Å². The van der Waals surface area contributed by atoms with Crippen molar-refractivity contribution >= 4 is 21.4 Å². The molecule has 0 radical (unpaired) electrons. The minimum absolute atomic E-state index is 0.00446. The molecule has 1 aliphatic rings. The highest BCUT2D eigenvalue weighted by molar-refractivity contribution is 7.90. The van der Waals surface area contributed by atoms with E-state index in [1.165, 1.54) is 0 Å². The van der Waals surface area contributed by atoms with Crippen molar-refractivity contribution in [2.24, 2.45) is 0 Å². The third kappa shape index (κ3) is 6.60. The number of sulfonamides is 1. The van der Waals surface area contributed by atoms with Gasteiger partial charge in [-0.15, -0.1) is 0 Å². The van der Waals surface area contributed by atoms with Crippen LogP contribution in [0.2, 0.25) is 0 Å². The van der Waals surface area contributed by atoms with Gasteiger partial charge in [-0.05, 0) is 64.8 Å². The summed E-state index contributed by atoms with van der Waals surface area (Å²) in [6.45, 7) is 8.90. The molecule has 2 N–H and O–H groups in total. The fraction of sp³-hybridized carbons (Fsp3) is 0.700. The van der Waals surface area contributed by atoms with Crippen molar-refractivity contribution in [1.82, 2.24) is 4.72 Å². The van der Waals surface area contributed by atoms with Gasteiger partial charge >= 0.3 is 0 Å². The van der Waals surface area contributed by atoms with E-state index in [2.05, 4.69) is 10.0 Å². The van der Waals surface area contributed by atoms with E-state index >= 15 is 0 Å². The zero-order valence-corrected chi connectivity index (χ0v) is 18.1. The summed E-state index contributed by atoms with van der Waals surface area (Å²) in [5.41, 5.74) is 1.85. The van der Waals surface area contributed by atoms with Gasteiger partial charge in [0, 0.05) is 31.0 Å². The maximum Gasteiger partial charge on any atom is 0.213 e. The zero-order valence-electron chi connectivity index (χ0n) is 17.3. The number of hydrogen-bond acceptors (Lipinski definition) is 5. The lowest BCUT2D eigenvalue weighted by molar-refractivity contribution is -0.0614. The van der Waals surface area contributed by atoms with Crippen LogP contribution >= 0.6 is 0 Å². The molecular weight excluding hydrogens is 381 g/mol. The van der Waals surface area contributed by atoms with E-state index < -0.39 is 27.7 Å². The topological polar surface area (TPSA) is 70.7 Å². The fourth-order valence-electron chi connectivity index (χ4n) is 3.16. The standard InChI is InChI=1S/C20H34FN3O3S/c1-15(2)28(25,26)23-13-7-5-6-12-22-18-8-10-19(11-9-18)24-14-16(3)27-17(4)20(24)21/h8-11,15-17,20,22-23H,5-7,12-14H2,1-4H3/t16-,17+,20?/m0/s1. The van der Waals surface area contributed by atoms with Gasteiger partial charge in [-0.25, -0.2) is 17.5 Å². The second-order valence-electron chi connectivity index (χ2n) is 7.70. The lowest BCUT2D eigenvalue weighted by Crippen LogP contribution is -2.51. The second kappa shape index (κ2) is 10.4. The fourth-order valence-corrected chi connectivity index (χ4v) is 3.93. The highest BCUT2D eigenvalue weighted by Crippen LogP contribution is 2.27. The Morgan fingerprint density at radius 1 is 1.14 bits per heavy atom. The van der Waals surface area contributed by atoms with Gasteiger partial charge in [0.05, 0.1) is 11.4 Å². The SMILES string of the molecule is CC(C)S(=O)(=O)NCCCCCNc1ccc(N2C[C@H](C)O[C@H](C)C2F)cc1. The van der Waals surface area contributed by atoms with E-state index in [9.17, 15) is 12.8 Å². The molecule has 0 spiro atoms. The van der Waals surface area contributed by atoms with E-state index in [0.29, 0.717) is 13.1 Å². The first-order valence-corrected chi connectivity index (χ1v) is 11.6. The van der Waals surface area contributed by atoms with E-state index in [1.807, 2.05) is 31.2 Å². The predicted molar refractivity (Wildman–Crippen MR) is 113 cm³/mol. The van der Waals surface area contributed by atoms with Gasteiger partial charge in [0.2, 0.25) is 10.0 Å². The quantitative estimate of drug-likeness (QED) is 0.452. The number of nitrogens with zero attached hydrogens (tertiary/aromatic N) is 1. The number of benzene rings is 1. The van der Waals surface area contributed by atoms with Crippen LogP contribution in [0.3, 0.4) is 0 Å². The van der Waals surface area contributed by atoms with Gasteiger partial charge in [-0.3, -0.25) is 0 Å². The molecule has 3 atom stereocenters. The van der Waals surface area contributed by atoms with Gasteiger partial charge in [0.15, 0.2) is 6.30 Å². The molecule has 6 nitrogen and oxygen atoms in total. The minimum Gasteiger partial charge on any atom is -0.385 e. The predicted octanol–water partition coefficient (Wildman–Crippen LogP) is 3.51. The molecule has 1 saturated heterocycles. The number of nitrogens with one attached hydrogen (secondary N) is 2. The molecule has 1 fully saturated rings.